The number of nitrogens with zero attached hydrogens (tertiary/aromatic N) is 1. The van der Waals surface area contributed by atoms with E-state index in [-0.39, 0.29) is 17.0 Å². The molecule has 0 unspecified atom stereocenters. The second-order valence-corrected chi connectivity index (χ2v) is 9.07. The number of sulfonamides is 1. The molecule has 2 amide bonds. The van der Waals surface area contributed by atoms with Gasteiger partial charge in [0.2, 0.25) is 10.0 Å². The summed E-state index contributed by atoms with van der Waals surface area (Å²) in [6.07, 6.45) is 2.98. The zero-order valence-corrected chi connectivity index (χ0v) is 17.2. The molecule has 0 spiro atoms. The Hall–Kier alpha value is -2.45. The number of amides is 2. The zero-order chi connectivity index (χ0) is 20.9. The first-order chi connectivity index (χ1) is 13.9. The summed E-state index contributed by atoms with van der Waals surface area (Å²) in [5, 5.41) is 5.53. The van der Waals surface area contributed by atoms with Gasteiger partial charge in [0, 0.05) is 24.8 Å². The fourth-order valence-corrected chi connectivity index (χ4v) is 5.59. The van der Waals surface area contributed by atoms with Gasteiger partial charge in [0.05, 0.1) is 4.90 Å². The third-order valence-corrected chi connectivity index (χ3v) is 7.20. The minimum absolute atomic E-state index is 0.139. The summed E-state index contributed by atoms with van der Waals surface area (Å²) in [7, 11) is -3.72. The van der Waals surface area contributed by atoms with Crippen molar-refractivity contribution >= 4 is 21.7 Å². The third kappa shape index (κ3) is 5.33. The molecule has 2 aromatic rings. The van der Waals surface area contributed by atoms with Gasteiger partial charge in [-0.05, 0) is 62.1 Å². The molecule has 0 radical (unpaired) electrons. The Labute approximate surface area is 171 Å². The number of piperidine rings is 1. The molecule has 29 heavy (non-hydrogen) atoms. The number of benzene rings is 2. The number of rotatable bonds is 6. The van der Waals surface area contributed by atoms with Gasteiger partial charge in [0.15, 0.2) is 0 Å². The average Bonchev–Trinajstić information content (AvgIpc) is 2.69. The number of urea groups is 1. The van der Waals surface area contributed by atoms with E-state index in [9.17, 15) is 17.6 Å². The van der Waals surface area contributed by atoms with Crippen molar-refractivity contribution < 1.29 is 17.6 Å². The van der Waals surface area contributed by atoms with E-state index in [0.29, 0.717) is 30.8 Å². The lowest BCUT2D eigenvalue weighted by Gasteiger charge is -2.35. The molecule has 2 N–H and O–H groups in total. The molecule has 2 aromatic carbocycles. The van der Waals surface area contributed by atoms with Crippen LogP contribution in [0.3, 0.4) is 0 Å². The molecule has 1 aliphatic rings. The first-order valence-electron chi connectivity index (χ1n) is 9.76. The largest absolute Gasteiger partial charge is 0.338 e. The second kappa shape index (κ2) is 9.37. The van der Waals surface area contributed by atoms with E-state index in [1.165, 1.54) is 22.5 Å². The van der Waals surface area contributed by atoms with Crippen LogP contribution in [0.25, 0.3) is 0 Å². The van der Waals surface area contributed by atoms with Crippen LogP contribution in [0.5, 0.6) is 0 Å². The molecule has 1 aliphatic heterocycles. The van der Waals surface area contributed by atoms with Gasteiger partial charge in [-0.1, -0.05) is 24.6 Å². The van der Waals surface area contributed by atoms with Crippen molar-refractivity contribution in [3.05, 3.63) is 59.9 Å². The summed E-state index contributed by atoms with van der Waals surface area (Å²) in [6.45, 7) is 2.39. The Morgan fingerprint density at radius 2 is 1.93 bits per heavy atom. The molecule has 6 nitrogen and oxygen atoms in total. The fraction of sp³-hybridized carbons (Fsp3) is 0.381. The van der Waals surface area contributed by atoms with Gasteiger partial charge in [0.25, 0.3) is 0 Å². The molecule has 3 rings (SSSR count). The van der Waals surface area contributed by atoms with Crippen molar-refractivity contribution in [3.63, 3.8) is 0 Å². The number of anilines is 1. The standard InChI is InChI=1S/C21H26FN3O3S/c1-16-15-17(22)10-11-20(16)29(27,28)25-14-6-5-9-19(25)12-13-23-21(26)24-18-7-3-2-4-8-18/h2-4,7-8,10-11,15,19H,5-6,9,12-14H2,1H3,(H2,23,24,26)/t19-/m1/s1. The van der Waals surface area contributed by atoms with Crippen molar-refractivity contribution in [2.45, 2.75) is 43.5 Å². The molecule has 0 aromatic heterocycles. The van der Waals surface area contributed by atoms with Crippen LogP contribution in [-0.2, 0) is 10.0 Å². The lowest BCUT2D eigenvalue weighted by molar-refractivity contribution is 0.234. The summed E-state index contributed by atoms with van der Waals surface area (Å²) in [4.78, 5) is 12.2. The minimum Gasteiger partial charge on any atom is -0.338 e. The number of carbonyl (C=O) groups excluding carboxylic acids is 1. The van der Waals surface area contributed by atoms with Crippen molar-refractivity contribution in [2.24, 2.45) is 0 Å². The predicted molar refractivity (Wildman–Crippen MR) is 111 cm³/mol. The normalized spacial score (nSPS) is 17.7. The lowest BCUT2D eigenvalue weighted by Crippen LogP contribution is -2.45. The molecule has 0 bridgehead atoms. The minimum atomic E-state index is -3.72. The molecule has 1 saturated heterocycles. The molecule has 156 valence electrons. The van der Waals surface area contributed by atoms with Gasteiger partial charge in [-0.25, -0.2) is 17.6 Å². The fourth-order valence-electron chi connectivity index (χ4n) is 3.66. The lowest BCUT2D eigenvalue weighted by atomic mass is 10.0. The van der Waals surface area contributed by atoms with Crippen LogP contribution in [0.1, 0.15) is 31.2 Å². The van der Waals surface area contributed by atoms with Gasteiger partial charge in [-0.3, -0.25) is 0 Å². The number of carbonyl (C=O) groups is 1. The van der Waals surface area contributed by atoms with E-state index in [1.807, 2.05) is 18.2 Å². The maximum Gasteiger partial charge on any atom is 0.319 e. The van der Waals surface area contributed by atoms with E-state index < -0.39 is 15.8 Å². The topological polar surface area (TPSA) is 78.5 Å². The average molecular weight is 420 g/mol. The maximum absolute atomic E-state index is 13.4. The van der Waals surface area contributed by atoms with Crippen LogP contribution < -0.4 is 10.6 Å². The number of halogens is 1. The molecule has 8 heteroatoms. The zero-order valence-electron chi connectivity index (χ0n) is 16.4. The van der Waals surface area contributed by atoms with E-state index >= 15 is 0 Å². The third-order valence-electron chi connectivity index (χ3n) is 5.09. The van der Waals surface area contributed by atoms with Crippen LogP contribution in [0, 0.1) is 12.7 Å². The smallest absolute Gasteiger partial charge is 0.319 e. The Kier molecular flexibility index (Phi) is 6.87. The van der Waals surface area contributed by atoms with Crippen molar-refractivity contribution in [1.82, 2.24) is 9.62 Å². The van der Waals surface area contributed by atoms with Gasteiger partial charge in [-0.2, -0.15) is 4.31 Å². The SMILES string of the molecule is Cc1cc(F)ccc1S(=O)(=O)N1CCCC[C@@H]1CCNC(=O)Nc1ccccc1. The van der Waals surface area contributed by atoms with Gasteiger partial charge < -0.3 is 10.6 Å². The number of nitrogens with one attached hydrogen (secondary N) is 2. The highest BCUT2D eigenvalue weighted by atomic mass is 32.2. The van der Waals surface area contributed by atoms with E-state index in [4.69, 9.17) is 0 Å². The van der Waals surface area contributed by atoms with Crippen LogP contribution in [0.2, 0.25) is 0 Å². The molecular weight excluding hydrogens is 393 g/mol. The first-order valence-corrected chi connectivity index (χ1v) is 11.2. The molecular formula is C21H26FN3O3S. The van der Waals surface area contributed by atoms with E-state index in [0.717, 1.165) is 19.3 Å². The Bertz CT molecular complexity index is 951. The number of hydrogen-bond donors (Lipinski definition) is 2. The number of aryl methyl sites for hydroxylation is 1. The van der Waals surface area contributed by atoms with Gasteiger partial charge in [-0.15, -0.1) is 0 Å². The summed E-state index contributed by atoms with van der Waals surface area (Å²) in [5.74, 6) is -0.453. The summed E-state index contributed by atoms with van der Waals surface area (Å²) < 4.78 is 41.2. The summed E-state index contributed by atoms with van der Waals surface area (Å²) in [6, 6.07) is 12.3. The number of para-hydroxylation sites is 1. The van der Waals surface area contributed by atoms with Gasteiger partial charge in [0.1, 0.15) is 5.82 Å². The molecule has 0 aliphatic carbocycles. The Balaban J connectivity index is 1.63. The van der Waals surface area contributed by atoms with Crippen LogP contribution in [0.15, 0.2) is 53.4 Å². The van der Waals surface area contributed by atoms with E-state index in [2.05, 4.69) is 10.6 Å². The summed E-state index contributed by atoms with van der Waals surface area (Å²) >= 11 is 0. The van der Waals surface area contributed by atoms with E-state index in [1.54, 1.807) is 19.1 Å². The second-order valence-electron chi connectivity index (χ2n) is 7.21. The van der Waals surface area contributed by atoms with Crippen molar-refractivity contribution in [3.8, 4) is 0 Å². The maximum atomic E-state index is 13.4. The highest BCUT2D eigenvalue weighted by Crippen LogP contribution is 2.28. The molecule has 0 saturated carbocycles. The van der Waals surface area contributed by atoms with Crippen LogP contribution in [0.4, 0.5) is 14.9 Å². The molecule has 1 atom stereocenters. The molecule has 1 heterocycles. The monoisotopic (exact) mass is 419 g/mol. The highest BCUT2D eigenvalue weighted by molar-refractivity contribution is 7.89. The molecule has 1 fully saturated rings. The Morgan fingerprint density at radius 3 is 2.66 bits per heavy atom. The summed E-state index contributed by atoms with van der Waals surface area (Å²) in [5.41, 5.74) is 1.09. The van der Waals surface area contributed by atoms with Crippen LogP contribution >= 0.6 is 0 Å². The quantitative estimate of drug-likeness (QED) is 0.746. The predicted octanol–water partition coefficient (Wildman–Crippen LogP) is 3.89. The first kappa shape index (κ1) is 21.3. The van der Waals surface area contributed by atoms with Crippen molar-refractivity contribution in [1.29, 1.82) is 0 Å². The van der Waals surface area contributed by atoms with Crippen LogP contribution in [-0.4, -0.2) is 37.9 Å². The van der Waals surface area contributed by atoms with Gasteiger partial charge >= 0.3 is 6.03 Å². The Morgan fingerprint density at radius 1 is 1.17 bits per heavy atom. The highest BCUT2D eigenvalue weighted by Gasteiger charge is 2.34. The number of hydrogen-bond acceptors (Lipinski definition) is 3. The van der Waals surface area contributed by atoms with Crippen molar-refractivity contribution in [2.75, 3.05) is 18.4 Å².